The number of hydrogen-bond acceptors (Lipinski definition) is 0. The molecule has 0 amide bonds. The second-order valence-corrected chi connectivity index (χ2v) is 23.1. The van der Waals surface area contributed by atoms with Crippen molar-refractivity contribution in [2.45, 2.75) is 11.8 Å². The molecule has 0 radical (unpaired) electrons. The van der Waals surface area contributed by atoms with Gasteiger partial charge in [-0.25, -0.2) is 0 Å². The van der Waals surface area contributed by atoms with Crippen molar-refractivity contribution in [1.82, 2.24) is 0 Å². The Hall–Kier alpha value is -2.23. The molecule has 1 aliphatic heterocycles. The number of nitrogens with zero attached hydrogens (tertiary/aromatic N) is 2. The SMILES string of the molecule is C[N+]1(C)[Zr][N+](C)(C)C2=Cc3c(ccc(Br)c3C2c2ccccc2)P(c2ccccc2)c2ccc(Br)c3c2C=C1C3c1ccccc1. The fourth-order valence-corrected chi connectivity index (χ4v) is 16.2. The van der Waals surface area contributed by atoms with Gasteiger partial charge in [0.1, 0.15) is 0 Å². The van der Waals surface area contributed by atoms with Gasteiger partial charge in [0.2, 0.25) is 0 Å². The first-order valence-electron chi connectivity index (χ1n) is 15.7. The molecule has 0 fully saturated rings. The van der Waals surface area contributed by atoms with Crippen LogP contribution in [0.5, 0.6) is 0 Å². The van der Waals surface area contributed by atoms with Gasteiger partial charge in [0, 0.05) is 0 Å². The molecule has 2 nitrogen and oxygen atoms in total. The Kier molecular flexibility index (Phi) is 7.92. The van der Waals surface area contributed by atoms with Crippen LogP contribution in [-0.4, -0.2) is 33.0 Å². The maximum atomic E-state index is 4.09. The van der Waals surface area contributed by atoms with Crippen LogP contribution in [0.25, 0.3) is 12.2 Å². The van der Waals surface area contributed by atoms with Crippen LogP contribution in [0, 0.1) is 0 Å². The van der Waals surface area contributed by atoms with Crippen molar-refractivity contribution >= 4 is 67.8 Å². The molecule has 4 bridgehead atoms. The van der Waals surface area contributed by atoms with Crippen molar-refractivity contribution in [2.24, 2.45) is 0 Å². The molecule has 0 aromatic heterocycles. The molecule has 0 spiro atoms. The van der Waals surface area contributed by atoms with Gasteiger partial charge in [-0.2, -0.15) is 0 Å². The van der Waals surface area contributed by atoms with E-state index < -0.39 is 31.7 Å². The molecule has 3 aliphatic rings. The fraction of sp³-hybridized carbons (Fsp3) is 0.150. The van der Waals surface area contributed by atoms with E-state index >= 15 is 0 Å². The monoisotopic (exact) mass is 822 g/mol. The summed E-state index contributed by atoms with van der Waals surface area (Å²) < 4.78 is 4.30. The van der Waals surface area contributed by atoms with Crippen LogP contribution in [-0.2, 0) is 23.8 Å². The quantitative estimate of drug-likeness (QED) is 0.160. The van der Waals surface area contributed by atoms with Crippen LogP contribution >= 0.6 is 39.8 Å². The molecule has 2 unspecified atom stereocenters. The Bertz CT molecular complexity index is 1930. The summed E-state index contributed by atoms with van der Waals surface area (Å²) in [6.45, 7) is 0. The summed E-state index contributed by atoms with van der Waals surface area (Å²) in [6.07, 6.45) is 5.20. The number of benzene rings is 5. The predicted octanol–water partition coefficient (Wildman–Crippen LogP) is 9.02. The second-order valence-electron chi connectivity index (χ2n) is 13.3. The predicted molar refractivity (Wildman–Crippen MR) is 197 cm³/mol. The molecule has 2 atom stereocenters. The van der Waals surface area contributed by atoms with E-state index in [2.05, 4.69) is 187 Å². The molecule has 1 heterocycles. The van der Waals surface area contributed by atoms with E-state index in [4.69, 9.17) is 0 Å². The first-order chi connectivity index (χ1) is 22.2. The van der Waals surface area contributed by atoms with E-state index in [1.807, 2.05) is 0 Å². The van der Waals surface area contributed by atoms with Gasteiger partial charge in [-0.1, -0.05) is 0 Å². The van der Waals surface area contributed by atoms with Crippen molar-refractivity contribution in [2.75, 3.05) is 28.2 Å². The molecule has 8 rings (SSSR count). The standard InChI is InChI=1S/C40H35Br2N2P.Zr/c1-43(2)33-24-29-35(22-20-31(41)39(29)37(33)26-14-8-5-9-15-26)45(28-18-12-7-13-19-28)36-23-21-32(42)40-30(36)25-34(44(3)4)38(40)27-16-10-6-11-17-27;/h5-25,37-38H,1-4H3;/q;+2. The van der Waals surface area contributed by atoms with Crippen molar-refractivity contribution in [3.05, 3.63) is 169 Å². The van der Waals surface area contributed by atoms with Crippen LogP contribution in [0.3, 0.4) is 0 Å². The summed E-state index contributed by atoms with van der Waals surface area (Å²) in [5.74, 6) is 0.407. The third kappa shape index (κ3) is 5.01. The molecule has 0 saturated heterocycles. The zero-order chi connectivity index (χ0) is 31.8. The Morgan fingerprint density at radius 3 is 1.33 bits per heavy atom. The summed E-state index contributed by atoms with van der Waals surface area (Å²) in [5, 5.41) is 4.27. The van der Waals surface area contributed by atoms with Gasteiger partial charge in [-0.05, 0) is 0 Å². The number of halogens is 2. The summed E-state index contributed by atoms with van der Waals surface area (Å²) in [4.78, 5) is 0. The van der Waals surface area contributed by atoms with Crippen LogP contribution in [0.2, 0.25) is 0 Å². The molecule has 5 aromatic rings. The minimum atomic E-state index is -1.26. The van der Waals surface area contributed by atoms with E-state index in [1.54, 1.807) is 0 Å². The van der Waals surface area contributed by atoms with E-state index in [-0.39, 0.29) is 11.8 Å². The number of allylic oxidation sites excluding steroid dienone is 2. The Balaban J connectivity index is 1.50. The average Bonchev–Trinajstić information content (AvgIpc) is 3.67. The van der Waals surface area contributed by atoms with Gasteiger partial charge in [0.25, 0.3) is 0 Å². The Morgan fingerprint density at radius 1 is 0.522 bits per heavy atom. The van der Waals surface area contributed by atoms with Crippen molar-refractivity contribution in [1.29, 1.82) is 0 Å². The molecular formula is C40H35Br2N2PZr+2. The third-order valence-corrected chi connectivity index (χ3v) is 17.4. The topological polar surface area (TPSA) is 0 Å². The summed E-state index contributed by atoms with van der Waals surface area (Å²) in [6, 6.07) is 43.1. The second kappa shape index (κ2) is 11.7. The molecule has 6 heteroatoms. The summed E-state index contributed by atoms with van der Waals surface area (Å²) in [5.41, 5.74) is 11.4. The Labute approximate surface area is 303 Å². The van der Waals surface area contributed by atoms with Crippen LogP contribution in [0.4, 0.5) is 0 Å². The van der Waals surface area contributed by atoms with Crippen molar-refractivity contribution < 1.29 is 28.7 Å². The third-order valence-electron chi connectivity index (χ3n) is 9.73. The fourth-order valence-electron chi connectivity index (χ4n) is 7.89. The van der Waals surface area contributed by atoms with Gasteiger partial charge in [-0.15, -0.1) is 0 Å². The summed E-state index contributed by atoms with van der Waals surface area (Å²) >= 11 is 6.91. The molecule has 2 aliphatic carbocycles. The zero-order valence-corrected chi connectivity index (χ0v) is 32.9. The van der Waals surface area contributed by atoms with E-state index in [0.29, 0.717) is 0 Å². The molecule has 0 saturated carbocycles. The van der Waals surface area contributed by atoms with Gasteiger partial charge in [0.05, 0.1) is 0 Å². The van der Waals surface area contributed by atoms with Crippen molar-refractivity contribution in [3.63, 3.8) is 0 Å². The molecular weight excluding hydrogens is 790 g/mol. The minimum absolute atomic E-state index is 0.204. The molecule has 5 aromatic carbocycles. The van der Waals surface area contributed by atoms with E-state index in [9.17, 15) is 0 Å². The number of rotatable bonds is 3. The number of hydrogen-bond donors (Lipinski definition) is 0. The maximum absolute atomic E-state index is 4.09. The van der Waals surface area contributed by atoms with Crippen LogP contribution < -0.4 is 15.9 Å². The molecule has 0 N–H and O–H groups in total. The van der Waals surface area contributed by atoms with Gasteiger partial charge >= 0.3 is 306 Å². The van der Waals surface area contributed by atoms with Crippen molar-refractivity contribution in [3.8, 4) is 0 Å². The van der Waals surface area contributed by atoms with Crippen LogP contribution in [0.15, 0.2) is 136 Å². The molecule has 46 heavy (non-hydrogen) atoms. The number of likely N-dealkylation sites (N-methyl/N-ethyl adjacent to an activating group) is 2. The number of quaternary nitrogens is 2. The summed E-state index contributed by atoms with van der Waals surface area (Å²) in [7, 11) is 9.08. The average molecular weight is 826 g/mol. The zero-order valence-electron chi connectivity index (χ0n) is 26.4. The van der Waals surface area contributed by atoms with Gasteiger partial charge < -0.3 is 0 Å². The Morgan fingerprint density at radius 2 is 0.913 bits per heavy atom. The van der Waals surface area contributed by atoms with Crippen LogP contribution in [0.1, 0.15) is 45.2 Å². The first-order valence-corrected chi connectivity index (χ1v) is 20.8. The van der Waals surface area contributed by atoms with E-state index in [1.165, 1.54) is 69.6 Å². The van der Waals surface area contributed by atoms with Gasteiger partial charge in [0.15, 0.2) is 0 Å². The molecule has 226 valence electrons. The van der Waals surface area contributed by atoms with Gasteiger partial charge in [-0.3, -0.25) is 0 Å². The first kappa shape index (κ1) is 31.1. The van der Waals surface area contributed by atoms with E-state index in [0.717, 1.165) is 4.85 Å². The normalized spacial score (nSPS) is 21.8.